The van der Waals surface area contributed by atoms with Gasteiger partial charge in [-0.1, -0.05) is 24.6 Å². The van der Waals surface area contributed by atoms with Gasteiger partial charge in [-0.15, -0.1) is 0 Å². The van der Waals surface area contributed by atoms with Crippen molar-refractivity contribution in [2.75, 3.05) is 31.6 Å². The normalized spacial score (nSPS) is 16.2. The number of rotatable bonds is 14. The van der Waals surface area contributed by atoms with E-state index in [1.807, 2.05) is 41.3 Å². The van der Waals surface area contributed by atoms with Gasteiger partial charge in [-0.3, -0.25) is 29.3 Å². The topological polar surface area (TPSA) is 183 Å². The molecule has 7 rings (SSSR count). The highest BCUT2D eigenvalue weighted by Gasteiger charge is 2.30. The number of unbranched alkanes of at least 4 members (excludes halogenated alkanes) is 2. The first-order chi connectivity index (χ1) is 27.2. The van der Waals surface area contributed by atoms with E-state index in [0.717, 1.165) is 68.6 Å². The number of ether oxygens (including phenoxy) is 1. The van der Waals surface area contributed by atoms with Gasteiger partial charge in [-0.05, 0) is 80.8 Å². The molecule has 2 saturated heterocycles. The smallest absolute Gasteiger partial charge is 0.275 e. The number of hydrogen-bond acceptors (Lipinski definition) is 11. The van der Waals surface area contributed by atoms with Gasteiger partial charge < -0.3 is 15.0 Å². The molecule has 2 aliphatic heterocycles. The monoisotopic (exact) mass is 759 g/mol. The molecule has 2 aromatic carbocycles. The van der Waals surface area contributed by atoms with E-state index in [0.29, 0.717) is 53.5 Å². The summed E-state index contributed by atoms with van der Waals surface area (Å²) in [5.41, 5.74) is 2.74. The van der Waals surface area contributed by atoms with Gasteiger partial charge in [-0.25, -0.2) is 19.3 Å². The summed E-state index contributed by atoms with van der Waals surface area (Å²) in [5.74, 6) is 0.860. The Bertz CT molecular complexity index is 2330. The third kappa shape index (κ3) is 9.16. The number of anilines is 1. The Morgan fingerprint density at radius 3 is 2.54 bits per heavy atom. The number of hydrogen-bond donors (Lipinski definition) is 2. The molecule has 2 N–H and O–H groups in total. The van der Waals surface area contributed by atoms with Gasteiger partial charge in [0, 0.05) is 61.4 Å². The minimum atomic E-state index is -0.802. The Hall–Kier alpha value is -6.25. The Morgan fingerprint density at radius 2 is 1.75 bits per heavy atom. The Morgan fingerprint density at radius 1 is 0.929 bits per heavy atom. The fourth-order valence-corrected chi connectivity index (χ4v) is 7.21. The van der Waals surface area contributed by atoms with Crippen molar-refractivity contribution in [3.8, 4) is 17.1 Å². The van der Waals surface area contributed by atoms with Gasteiger partial charge in [0.15, 0.2) is 11.6 Å². The summed E-state index contributed by atoms with van der Waals surface area (Å²) in [6, 6.07) is 15.5. The van der Waals surface area contributed by atoms with Crippen LogP contribution in [0.2, 0.25) is 0 Å². The van der Waals surface area contributed by atoms with Gasteiger partial charge in [-0.2, -0.15) is 10.2 Å². The third-order valence-corrected chi connectivity index (χ3v) is 10.4. The first-order valence-corrected chi connectivity index (χ1v) is 19.2. The van der Waals surface area contributed by atoms with Gasteiger partial charge in [0.25, 0.3) is 17.0 Å². The molecule has 2 aliphatic rings. The van der Waals surface area contributed by atoms with Crippen LogP contribution < -0.4 is 26.5 Å². The molecule has 1 atom stereocenters. The summed E-state index contributed by atoms with van der Waals surface area (Å²) >= 11 is 0. The van der Waals surface area contributed by atoms with Crippen molar-refractivity contribution in [2.24, 2.45) is 5.92 Å². The van der Waals surface area contributed by atoms with Crippen LogP contribution in [0.15, 0.2) is 82.8 Å². The molecule has 0 saturated carbocycles. The predicted molar refractivity (Wildman–Crippen MR) is 209 cm³/mol. The number of imide groups is 1. The molecule has 3 amide bonds. The van der Waals surface area contributed by atoms with Crippen molar-refractivity contribution in [3.63, 3.8) is 0 Å². The zero-order chi connectivity index (χ0) is 39.0. The zero-order valence-electron chi connectivity index (χ0n) is 31.4. The quantitative estimate of drug-likeness (QED) is 0.123. The van der Waals surface area contributed by atoms with Crippen LogP contribution in [0.3, 0.4) is 0 Å². The fourth-order valence-electron chi connectivity index (χ4n) is 7.21. The highest BCUT2D eigenvalue weighted by molar-refractivity contribution is 5.99. The molecule has 2 fully saturated rings. The van der Waals surface area contributed by atoms with Gasteiger partial charge >= 0.3 is 0 Å². The van der Waals surface area contributed by atoms with Crippen LogP contribution >= 0.6 is 0 Å². The molecular weight excluding hydrogens is 715 g/mol. The third-order valence-electron chi connectivity index (χ3n) is 10.4. The van der Waals surface area contributed by atoms with Crippen molar-refractivity contribution in [2.45, 2.75) is 70.9 Å². The van der Waals surface area contributed by atoms with Crippen molar-refractivity contribution in [1.29, 1.82) is 0 Å². The summed E-state index contributed by atoms with van der Waals surface area (Å²) in [6.45, 7) is 4.87. The molecule has 0 radical (unpaired) electrons. The molecule has 1 unspecified atom stereocenters. The lowest BCUT2D eigenvalue weighted by molar-refractivity contribution is -0.136. The maximum absolute atomic E-state index is 13.2. The molecule has 290 valence electrons. The highest BCUT2D eigenvalue weighted by atomic mass is 16.5. The number of aromatic nitrogens is 6. The molecule has 0 spiro atoms. The van der Waals surface area contributed by atoms with Crippen LogP contribution in [0.25, 0.3) is 22.2 Å². The zero-order valence-corrected chi connectivity index (χ0v) is 31.4. The summed E-state index contributed by atoms with van der Waals surface area (Å²) in [6.07, 6.45) is 10.3. The van der Waals surface area contributed by atoms with Gasteiger partial charge in [0.2, 0.25) is 11.8 Å². The second kappa shape index (κ2) is 17.5. The molecule has 0 aliphatic carbocycles. The molecule has 3 aromatic heterocycles. The standard InChI is InChI=1S/C41H45N9O6/c1-27-34-22-31(11-12-33(34)41(55)50(47-27)35-13-14-36(51)46-40(35)54)42-17-4-2-3-9-37(52)48-19-15-28(16-20-48)26-56-32-23-43-39(44-24-32)30-8-5-7-29(21-30)25-49-38(53)10-6-18-45-49/h5-8,10-12,18,21-24,28,35,42H,2-4,9,13-17,19-20,25-26H2,1H3,(H,46,51,54). The van der Waals surface area contributed by atoms with Crippen molar-refractivity contribution in [1.82, 2.24) is 39.7 Å². The average molecular weight is 760 g/mol. The van der Waals surface area contributed by atoms with Crippen LogP contribution in [0, 0.1) is 12.8 Å². The van der Waals surface area contributed by atoms with E-state index in [1.54, 1.807) is 37.6 Å². The van der Waals surface area contributed by atoms with Crippen LogP contribution in [0.5, 0.6) is 5.75 Å². The number of benzene rings is 2. The lowest BCUT2D eigenvalue weighted by Gasteiger charge is -2.32. The molecule has 15 heteroatoms. The first-order valence-electron chi connectivity index (χ1n) is 19.2. The molecular formula is C41H45N9O6. The average Bonchev–Trinajstić information content (AvgIpc) is 3.21. The minimum Gasteiger partial charge on any atom is -0.490 e. The number of aryl methyl sites for hydroxylation is 1. The number of amides is 3. The lowest BCUT2D eigenvalue weighted by atomic mass is 9.97. The second-order valence-corrected chi connectivity index (χ2v) is 14.4. The number of nitrogens with one attached hydrogen (secondary N) is 2. The van der Waals surface area contributed by atoms with Crippen molar-refractivity contribution in [3.05, 3.63) is 105 Å². The number of carbonyl (C=O) groups is 3. The molecule has 5 aromatic rings. The van der Waals surface area contributed by atoms with Crippen LogP contribution in [0.1, 0.15) is 68.7 Å². The highest BCUT2D eigenvalue weighted by Crippen LogP contribution is 2.24. The summed E-state index contributed by atoms with van der Waals surface area (Å²) in [4.78, 5) is 73.0. The minimum absolute atomic E-state index is 0.160. The SMILES string of the molecule is Cc1nn(C2CCC(=O)NC2=O)c(=O)c2ccc(NCCCCCC(=O)N3CCC(COc4cnc(-c5cccc(Cn6ncccc6=O)c5)nc4)CC3)cc12. The van der Waals surface area contributed by atoms with Crippen molar-refractivity contribution < 1.29 is 19.1 Å². The molecule has 0 bridgehead atoms. The van der Waals surface area contributed by atoms with E-state index < -0.39 is 11.9 Å². The van der Waals surface area contributed by atoms with E-state index in [9.17, 15) is 24.0 Å². The van der Waals surface area contributed by atoms with Gasteiger partial charge in [0.1, 0.15) is 6.04 Å². The summed E-state index contributed by atoms with van der Waals surface area (Å²) < 4.78 is 8.63. The maximum atomic E-state index is 13.2. The van der Waals surface area contributed by atoms with Crippen LogP contribution in [0.4, 0.5) is 5.69 Å². The largest absolute Gasteiger partial charge is 0.490 e. The number of fused-ring (bicyclic) bond motifs is 1. The predicted octanol–water partition coefficient (Wildman–Crippen LogP) is 4.03. The van der Waals surface area contributed by atoms with Crippen LogP contribution in [-0.4, -0.2) is 78.4 Å². The summed E-state index contributed by atoms with van der Waals surface area (Å²) in [5, 5.41) is 15.4. The van der Waals surface area contributed by atoms with E-state index in [-0.39, 0.29) is 35.8 Å². The number of carbonyl (C=O) groups excluding carboxylic acids is 3. The number of piperidine rings is 2. The molecule has 56 heavy (non-hydrogen) atoms. The lowest BCUT2D eigenvalue weighted by Crippen LogP contribution is -2.45. The second-order valence-electron chi connectivity index (χ2n) is 14.4. The molecule has 15 nitrogen and oxygen atoms in total. The van der Waals surface area contributed by atoms with Crippen molar-refractivity contribution >= 4 is 34.2 Å². The molecule has 5 heterocycles. The Labute approximate surface area is 323 Å². The van der Waals surface area contributed by atoms with E-state index in [4.69, 9.17) is 4.74 Å². The Kier molecular flexibility index (Phi) is 11.9. The van der Waals surface area contributed by atoms with Gasteiger partial charge in [0.05, 0.1) is 36.6 Å². The first kappa shape index (κ1) is 38.0. The number of likely N-dealkylation sites (tertiary alicyclic amines) is 1. The van der Waals surface area contributed by atoms with E-state index in [2.05, 4.69) is 30.8 Å². The maximum Gasteiger partial charge on any atom is 0.275 e. The van der Waals surface area contributed by atoms with E-state index in [1.165, 1.54) is 15.4 Å². The van der Waals surface area contributed by atoms with Crippen LogP contribution in [-0.2, 0) is 20.9 Å². The fraction of sp³-hybridized carbons (Fsp3) is 0.390. The van der Waals surface area contributed by atoms with E-state index >= 15 is 0 Å². The number of nitrogens with zero attached hydrogens (tertiary/aromatic N) is 7. The summed E-state index contributed by atoms with van der Waals surface area (Å²) in [7, 11) is 0. The Balaban J connectivity index is 0.792.